The normalized spacial score (nSPS) is 15.1. The molecular weight excluding hydrogens is 812 g/mol. The smallest absolute Gasteiger partial charge is 0.418 e. The van der Waals surface area contributed by atoms with E-state index in [1.807, 2.05) is 0 Å². The average Bonchev–Trinajstić information content (AvgIpc) is 3.90. The van der Waals surface area contributed by atoms with Crippen LogP contribution in [0, 0.1) is 0 Å². The van der Waals surface area contributed by atoms with Crippen molar-refractivity contribution in [3.05, 3.63) is 177 Å². The van der Waals surface area contributed by atoms with Gasteiger partial charge in [-0.15, -0.1) is 0 Å². The lowest BCUT2D eigenvalue weighted by Crippen LogP contribution is -2.18. The fourth-order valence-corrected chi connectivity index (χ4v) is 9.29. The third-order valence-corrected chi connectivity index (χ3v) is 12.2. The van der Waals surface area contributed by atoms with E-state index in [0.29, 0.717) is 0 Å². The average molecular weight is 859 g/mol. The fraction of sp³-hybridized carbons (Fsp3) is 0.196. The van der Waals surface area contributed by atoms with Crippen molar-refractivity contribution in [2.24, 2.45) is 0 Å². The van der Waals surface area contributed by atoms with Crippen LogP contribution < -0.4 is 10.2 Å². The summed E-state index contributed by atoms with van der Waals surface area (Å²) in [7, 11) is -6.00. The van der Waals surface area contributed by atoms with Crippen LogP contribution in [0.2, 0.25) is 10.0 Å². The Morgan fingerprint density at radius 3 is 1.92 bits per heavy atom. The van der Waals surface area contributed by atoms with Crippen LogP contribution in [0.1, 0.15) is 57.9 Å². The molecule has 0 bridgehead atoms. The Morgan fingerprint density at radius 1 is 0.656 bits per heavy atom. The molecule has 10 heteroatoms. The van der Waals surface area contributed by atoms with Gasteiger partial charge in [0.1, 0.15) is 6.54 Å². The Hall–Kier alpha value is -5.57. The third-order valence-electron chi connectivity index (χ3n) is 11.5. The molecule has 0 saturated carbocycles. The van der Waals surface area contributed by atoms with Gasteiger partial charge in [0.25, 0.3) is 0 Å². The molecule has 2 heterocycles. The van der Waals surface area contributed by atoms with Crippen LogP contribution in [-0.4, -0.2) is 28.7 Å². The number of hydrogen-bond acceptors (Lipinski definition) is 1. The summed E-state index contributed by atoms with van der Waals surface area (Å²) in [4.78, 5) is 2.46. The van der Waals surface area contributed by atoms with Gasteiger partial charge in [-0.05, 0) is 85.0 Å². The minimum absolute atomic E-state index is 0.801. The molecule has 7 aromatic rings. The van der Waals surface area contributed by atoms with Gasteiger partial charge < -0.3 is 26.7 Å². The second-order valence-corrected chi connectivity index (χ2v) is 16.3. The van der Waals surface area contributed by atoms with Crippen molar-refractivity contribution in [1.82, 2.24) is 4.57 Å². The lowest BCUT2D eigenvalue weighted by molar-refractivity contribution is -0.436. The van der Waals surface area contributed by atoms with Crippen LogP contribution in [0.3, 0.4) is 0 Å². The van der Waals surface area contributed by atoms with Crippen LogP contribution in [0.5, 0.6) is 0 Å². The molecule has 0 fully saturated rings. The molecular formula is C51H46BCl2F4N3. The van der Waals surface area contributed by atoms with E-state index in [1.54, 1.807) is 0 Å². The number of allylic oxidation sites excluding steroid dienone is 5. The van der Waals surface area contributed by atoms with E-state index in [2.05, 4.69) is 174 Å². The molecule has 0 unspecified atom stereocenters. The number of halogens is 6. The first-order valence-corrected chi connectivity index (χ1v) is 21.8. The molecule has 1 aromatic heterocycles. The van der Waals surface area contributed by atoms with E-state index in [4.69, 9.17) is 23.2 Å². The molecule has 6 aromatic carbocycles. The van der Waals surface area contributed by atoms with Crippen LogP contribution in [0.15, 0.2) is 156 Å². The molecule has 9 rings (SSSR count). The molecule has 3 nitrogen and oxygen atoms in total. The Bertz CT molecular complexity index is 2870. The molecule has 2 aliphatic rings. The summed E-state index contributed by atoms with van der Waals surface area (Å²) < 4.78 is 44.0. The standard InChI is InChI=1S/C51H46Cl2N3.BF4/c1-3-5-33-54-45(41-21-13-19-39-43(52)27-31-47(54)49(39)41)29-25-35-23-24-36(51(35)56(37-15-9-7-10-16-37)38-17-11-8-12-18-38)26-30-46-42-22-14-20-40-44(53)28-32-48(50(40)42)55(46)34-6-4-2;2-1(3,4)5/h7-22,25-32H,3-6,23-24,33-34H2,1-2H3;/q+1;-1. The highest BCUT2D eigenvalue weighted by Crippen LogP contribution is 2.43. The van der Waals surface area contributed by atoms with E-state index in [9.17, 15) is 17.3 Å². The Balaban J connectivity index is 0.000000973. The van der Waals surface area contributed by atoms with Crippen molar-refractivity contribution in [3.63, 3.8) is 0 Å². The van der Waals surface area contributed by atoms with Crippen molar-refractivity contribution < 1.29 is 21.8 Å². The molecule has 1 aliphatic carbocycles. The highest BCUT2D eigenvalue weighted by molar-refractivity contribution is 6.50. The Morgan fingerprint density at radius 2 is 1.26 bits per heavy atom. The number of aryl methyl sites for hydroxylation is 1. The molecule has 0 amide bonds. The highest BCUT2D eigenvalue weighted by atomic mass is 35.5. The van der Waals surface area contributed by atoms with E-state index < -0.39 is 7.25 Å². The predicted molar refractivity (Wildman–Crippen MR) is 250 cm³/mol. The predicted octanol–water partition coefficient (Wildman–Crippen LogP) is 15.2. The monoisotopic (exact) mass is 857 g/mol. The second-order valence-electron chi connectivity index (χ2n) is 15.4. The third kappa shape index (κ3) is 8.66. The lowest BCUT2D eigenvalue weighted by Gasteiger charge is -2.28. The summed E-state index contributed by atoms with van der Waals surface area (Å²) >= 11 is 13.6. The van der Waals surface area contributed by atoms with Gasteiger partial charge in [-0.25, -0.2) is 0 Å². The second kappa shape index (κ2) is 18.2. The number of hydrogen-bond donors (Lipinski definition) is 0. The zero-order chi connectivity index (χ0) is 42.7. The molecule has 61 heavy (non-hydrogen) atoms. The zero-order valence-electron chi connectivity index (χ0n) is 34.2. The molecule has 0 saturated heterocycles. The van der Waals surface area contributed by atoms with Gasteiger partial charge in [-0.1, -0.05) is 129 Å². The minimum atomic E-state index is -6.00. The number of unbranched alkanes of at least 4 members (excludes halogenated alkanes) is 2. The number of benzene rings is 6. The van der Waals surface area contributed by atoms with Gasteiger partial charge in [0.2, 0.25) is 11.4 Å². The summed E-state index contributed by atoms with van der Waals surface area (Å²) in [6, 6.07) is 43.2. The molecule has 0 atom stereocenters. The maximum atomic E-state index is 9.75. The van der Waals surface area contributed by atoms with E-state index in [1.165, 1.54) is 60.8 Å². The number of rotatable bonds is 12. The van der Waals surface area contributed by atoms with Gasteiger partial charge in [0, 0.05) is 78.9 Å². The maximum absolute atomic E-state index is 9.75. The number of para-hydroxylation sites is 2. The van der Waals surface area contributed by atoms with Gasteiger partial charge in [-0.2, -0.15) is 4.58 Å². The SMILES string of the molecule is CCCCn1/c(=C/C=C2\CCC(/C=C/C3=[N+](CCCC)c4ccc(Cl)c5cccc3c45)=C2N(c2ccccc2)c2ccccc2)c2cccc3c(Cl)ccc1c32.F[B-](F)(F)F. The maximum Gasteiger partial charge on any atom is 0.673 e. The molecule has 310 valence electrons. The highest BCUT2D eigenvalue weighted by Gasteiger charge is 2.32. The van der Waals surface area contributed by atoms with Crippen molar-refractivity contribution >= 4 is 91.8 Å². The number of aromatic nitrogens is 1. The number of nitrogens with zero attached hydrogens (tertiary/aromatic N) is 3. The van der Waals surface area contributed by atoms with Crippen molar-refractivity contribution in [1.29, 1.82) is 0 Å². The minimum Gasteiger partial charge on any atom is -0.418 e. The fourth-order valence-electron chi connectivity index (χ4n) is 8.85. The van der Waals surface area contributed by atoms with Gasteiger partial charge in [-0.3, -0.25) is 0 Å². The van der Waals surface area contributed by atoms with E-state index >= 15 is 0 Å². The molecule has 0 spiro atoms. The first-order valence-electron chi connectivity index (χ1n) is 21.0. The summed E-state index contributed by atoms with van der Waals surface area (Å²) in [6.45, 7) is 6.45. The molecule has 0 radical (unpaired) electrons. The quantitative estimate of drug-likeness (QED) is 0.0677. The van der Waals surface area contributed by atoms with Crippen LogP contribution >= 0.6 is 23.2 Å². The molecule has 0 N–H and O–H groups in total. The summed E-state index contributed by atoms with van der Waals surface area (Å²) in [5.41, 5.74) is 11.1. The van der Waals surface area contributed by atoms with Gasteiger partial charge in [0.15, 0.2) is 0 Å². The lowest BCUT2D eigenvalue weighted by atomic mass is 10.0. The van der Waals surface area contributed by atoms with Gasteiger partial charge >= 0.3 is 7.25 Å². The topological polar surface area (TPSA) is 11.2 Å². The van der Waals surface area contributed by atoms with E-state index in [0.717, 1.165) is 83.8 Å². The zero-order valence-corrected chi connectivity index (χ0v) is 35.7. The summed E-state index contributed by atoms with van der Waals surface area (Å²) in [6.07, 6.45) is 15.9. The van der Waals surface area contributed by atoms with Gasteiger partial charge in [0.05, 0.1) is 16.6 Å². The van der Waals surface area contributed by atoms with Crippen molar-refractivity contribution in [3.8, 4) is 0 Å². The van der Waals surface area contributed by atoms with Crippen LogP contribution in [-0.2, 0) is 6.54 Å². The van der Waals surface area contributed by atoms with Crippen LogP contribution in [0.25, 0.3) is 38.5 Å². The van der Waals surface area contributed by atoms with Crippen molar-refractivity contribution in [2.45, 2.75) is 58.9 Å². The van der Waals surface area contributed by atoms with Crippen LogP contribution in [0.4, 0.5) is 34.3 Å². The first kappa shape index (κ1) is 42.1. The number of anilines is 2. The Labute approximate surface area is 364 Å². The molecule has 1 aliphatic heterocycles. The summed E-state index contributed by atoms with van der Waals surface area (Å²) in [5.74, 6) is 0. The Kier molecular flexibility index (Phi) is 12.6. The van der Waals surface area contributed by atoms with Crippen molar-refractivity contribution in [2.75, 3.05) is 11.4 Å². The first-order chi connectivity index (χ1) is 29.6. The largest absolute Gasteiger partial charge is 0.673 e. The van der Waals surface area contributed by atoms with E-state index in [-0.39, 0.29) is 0 Å². The summed E-state index contributed by atoms with van der Waals surface area (Å²) in [5, 5.41) is 8.82.